The van der Waals surface area contributed by atoms with Crippen molar-refractivity contribution in [1.29, 1.82) is 5.26 Å². The number of nitriles is 1. The Labute approximate surface area is 135 Å². The van der Waals surface area contributed by atoms with Crippen LogP contribution in [0.1, 0.15) is 31.1 Å². The molecule has 3 rings (SSSR count). The number of nitrogens with zero attached hydrogens (tertiary/aromatic N) is 3. The summed E-state index contributed by atoms with van der Waals surface area (Å²) in [6, 6.07) is 11.4. The molecule has 2 aromatic rings. The fourth-order valence-electron chi connectivity index (χ4n) is 2.52. The second-order valence-corrected chi connectivity index (χ2v) is 5.68. The quantitative estimate of drug-likeness (QED) is 0.935. The lowest BCUT2D eigenvalue weighted by Gasteiger charge is -2.25. The highest BCUT2D eigenvalue weighted by Crippen LogP contribution is 2.35. The summed E-state index contributed by atoms with van der Waals surface area (Å²) in [5.41, 5.74) is 1.39. The Hall–Kier alpha value is -2.81. The van der Waals surface area contributed by atoms with E-state index < -0.39 is 0 Å². The number of rotatable bonds is 4. The van der Waals surface area contributed by atoms with E-state index >= 15 is 0 Å². The van der Waals surface area contributed by atoms with E-state index in [2.05, 4.69) is 29.4 Å². The third kappa shape index (κ3) is 3.34. The molecule has 1 aromatic carbocycles. The third-order valence-corrected chi connectivity index (χ3v) is 3.67. The monoisotopic (exact) mass is 310 g/mol. The van der Waals surface area contributed by atoms with Crippen molar-refractivity contribution < 1.29 is 9.47 Å². The number of ether oxygens (including phenoxy) is 2. The minimum Gasteiger partial charge on any atom is -0.486 e. The van der Waals surface area contributed by atoms with Crippen molar-refractivity contribution in [1.82, 2.24) is 10.2 Å². The van der Waals surface area contributed by atoms with Crippen LogP contribution in [0.25, 0.3) is 0 Å². The number of nitrogens with one attached hydrogen (secondary N) is 1. The topological polar surface area (TPSA) is 80.1 Å². The van der Waals surface area contributed by atoms with Crippen molar-refractivity contribution in [3.05, 3.63) is 41.6 Å². The first-order chi connectivity index (χ1) is 11.2. The van der Waals surface area contributed by atoms with Crippen LogP contribution in [0.4, 0.5) is 5.82 Å². The van der Waals surface area contributed by atoms with E-state index in [0.717, 1.165) is 17.1 Å². The van der Waals surface area contributed by atoms with Gasteiger partial charge in [-0.15, -0.1) is 10.2 Å². The predicted molar refractivity (Wildman–Crippen MR) is 85.4 cm³/mol. The second kappa shape index (κ2) is 6.53. The number of aromatic nitrogens is 2. The zero-order chi connectivity index (χ0) is 16.2. The maximum Gasteiger partial charge on any atom is 0.163 e. The van der Waals surface area contributed by atoms with Gasteiger partial charge in [0, 0.05) is 0 Å². The maximum absolute atomic E-state index is 8.79. The molecule has 118 valence electrons. The fourth-order valence-corrected chi connectivity index (χ4v) is 2.52. The lowest BCUT2D eigenvalue weighted by Crippen LogP contribution is -2.19. The van der Waals surface area contributed by atoms with Gasteiger partial charge in [-0.2, -0.15) is 5.26 Å². The van der Waals surface area contributed by atoms with Gasteiger partial charge in [0.1, 0.15) is 25.1 Å². The molecule has 1 aliphatic rings. The summed E-state index contributed by atoms with van der Waals surface area (Å²) in [6.45, 7) is 5.41. The molecule has 6 nitrogen and oxygen atoms in total. The Morgan fingerprint density at radius 2 is 1.87 bits per heavy atom. The Balaban J connectivity index is 1.85. The Kier molecular flexibility index (Phi) is 4.29. The summed E-state index contributed by atoms with van der Waals surface area (Å²) >= 11 is 0. The van der Waals surface area contributed by atoms with E-state index in [1.54, 1.807) is 12.1 Å². The molecule has 0 saturated heterocycles. The number of benzene rings is 1. The van der Waals surface area contributed by atoms with Crippen molar-refractivity contribution in [2.75, 3.05) is 18.5 Å². The van der Waals surface area contributed by atoms with Crippen LogP contribution >= 0.6 is 0 Å². The van der Waals surface area contributed by atoms with E-state index in [0.29, 0.717) is 30.6 Å². The molecule has 1 aromatic heterocycles. The first-order valence-electron chi connectivity index (χ1n) is 7.57. The standard InChI is InChI=1S/C17H18N4O2/c1-11(2)17(19-16-6-4-13(10-18)20-21-16)12-3-5-14-15(9-12)23-8-7-22-14/h3-6,9,11,17H,7-8H2,1-2H3,(H,19,21). The molecule has 1 atom stereocenters. The molecule has 0 fully saturated rings. The molecule has 6 heteroatoms. The average Bonchev–Trinajstić information content (AvgIpc) is 2.59. The largest absolute Gasteiger partial charge is 0.486 e. The van der Waals surface area contributed by atoms with Crippen LogP contribution < -0.4 is 14.8 Å². The van der Waals surface area contributed by atoms with Gasteiger partial charge in [-0.1, -0.05) is 19.9 Å². The lowest BCUT2D eigenvalue weighted by atomic mass is 9.95. The molecule has 0 bridgehead atoms. The van der Waals surface area contributed by atoms with Crippen molar-refractivity contribution in [3.63, 3.8) is 0 Å². The number of hydrogen-bond acceptors (Lipinski definition) is 6. The lowest BCUT2D eigenvalue weighted by molar-refractivity contribution is 0.171. The molecular formula is C17H18N4O2. The van der Waals surface area contributed by atoms with Crippen molar-refractivity contribution in [2.45, 2.75) is 19.9 Å². The van der Waals surface area contributed by atoms with Gasteiger partial charge >= 0.3 is 0 Å². The molecule has 0 radical (unpaired) electrons. The minimum absolute atomic E-state index is 0.0491. The summed E-state index contributed by atoms with van der Waals surface area (Å²) in [5.74, 6) is 2.51. The highest BCUT2D eigenvalue weighted by molar-refractivity contribution is 5.47. The molecule has 0 saturated carbocycles. The van der Waals surface area contributed by atoms with E-state index in [-0.39, 0.29) is 6.04 Å². The van der Waals surface area contributed by atoms with Crippen molar-refractivity contribution >= 4 is 5.82 Å². The molecule has 1 unspecified atom stereocenters. The highest BCUT2D eigenvalue weighted by atomic mass is 16.6. The second-order valence-electron chi connectivity index (χ2n) is 5.68. The Morgan fingerprint density at radius 3 is 2.52 bits per heavy atom. The molecule has 1 N–H and O–H groups in total. The Morgan fingerprint density at radius 1 is 1.09 bits per heavy atom. The van der Waals surface area contributed by atoms with Gasteiger partial charge in [0.15, 0.2) is 17.2 Å². The van der Waals surface area contributed by atoms with Gasteiger partial charge in [-0.05, 0) is 35.7 Å². The van der Waals surface area contributed by atoms with Crippen LogP contribution in [0.15, 0.2) is 30.3 Å². The predicted octanol–water partition coefficient (Wildman–Crippen LogP) is 2.93. The van der Waals surface area contributed by atoms with E-state index in [4.69, 9.17) is 14.7 Å². The van der Waals surface area contributed by atoms with Crippen molar-refractivity contribution in [2.24, 2.45) is 5.92 Å². The summed E-state index contributed by atoms with van der Waals surface area (Å²) in [6.07, 6.45) is 0. The number of fused-ring (bicyclic) bond motifs is 1. The van der Waals surface area contributed by atoms with Crippen LogP contribution in [-0.4, -0.2) is 23.4 Å². The van der Waals surface area contributed by atoms with Crippen LogP contribution in [0.5, 0.6) is 11.5 Å². The van der Waals surface area contributed by atoms with Gasteiger partial charge in [0.25, 0.3) is 0 Å². The van der Waals surface area contributed by atoms with E-state index in [1.807, 2.05) is 24.3 Å². The molecule has 23 heavy (non-hydrogen) atoms. The molecule has 0 spiro atoms. The molecular weight excluding hydrogens is 292 g/mol. The van der Waals surface area contributed by atoms with Crippen LogP contribution in [-0.2, 0) is 0 Å². The summed E-state index contributed by atoms with van der Waals surface area (Å²) in [4.78, 5) is 0. The SMILES string of the molecule is CC(C)C(Nc1ccc(C#N)nn1)c1ccc2c(c1)OCCO2. The fraction of sp³-hybridized carbons (Fsp3) is 0.353. The number of hydrogen-bond donors (Lipinski definition) is 1. The summed E-state index contributed by atoms with van der Waals surface area (Å²) in [5, 5.41) is 20.1. The van der Waals surface area contributed by atoms with Gasteiger partial charge < -0.3 is 14.8 Å². The minimum atomic E-state index is 0.0491. The molecule has 0 aliphatic carbocycles. The number of anilines is 1. The smallest absolute Gasteiger partial charge is 0.163 e. The van der Waals surface area contributed by atoms with Crippen LogP contribution in [0.3, 0.4) is 0 Å². The first-order valence-corrected chi connectivity index (χ1v) is 7.57. The van der Waals surface area contributed by atoms with Gasteiger partial charge in [0.05, 0.1) is 6.04 Å². The zero-order valence-electron chi connectivity index (χ0n) is 13.1. The van der Waals surface area contributed by atoms with Crippen molar-refractivity contribution in [3.8, 4) is 17.6 Å². The van der Waals surface area contributed by atoms with E-state index in [1.165, 1.54) is 0 Å². The summed E-state index contributed by atoms with van der Waals surface area (Å²) < 4.78 is 11.2. The molecule has 1 aliphatic heterocycles. The molecule has 2 heterocycles. The van der Waals surface area contributed by atoms with Gasteiger partial charge in [-0.3, -0.25) is 0 Å². The first kappa shape index (κ1) is 15.1. The van der Waals surface area contributed by atoms with E-state index in [9.17, 15) is 0 Å². The maximum atomic E-state index is 8.79. The van der Waals surface area contributed by atoms with Gasteiger partial charge in [0.2, 0.25) is 0 Å². The normalized spacial score (nSPS) is 14.2. The summed E-state index contributed by atoms with van der Waals surface area (Å²) in [7, 11) is 0. The van der Waals surface area contributed by atoms with Gasteiger partial charge in [-0.25, -0.2) is 0 Å². The Bertz CT molecular complexity index is 722. The highest BCUT2D eigenvalue weighted by Gasteiger charge is 2.20. The molecule has 0 amide bonds. The van der Waals surface area contributed by atoms with Crippen LogP contribution in [0.2, 0.25) is 0 Å². The average molecular weight is 310 g/mol. The third-order valence-electron chi connectivity index (χ3n) is 3.67. The van der Waals surface area contributed by atoms with Crippen LogP contribution in [0, 0.1) is 17.2 Å². The zero-order valence-corrected chi connectivity index (χ0v) is 13.1.